The number of halogens is 1. The van der Waals surface area contributed by atoms with Crippen molar-refractivity contribution in [2.75, 3.05) is 25.1 Å². The molecule has 0 saturated heterocycles. The first-order valence-electron chi connectivity index (χ1n) is 6.02. The summed E-state index contributed by atoms with van der Waals surface area (Å²) in [5.74, 6) is 1.81. The Hall–Kier alpha value is -0.680. The molecule has 0 amide bonds. The topological polar surface area (TPSA) is 49.2 Å². The molecule has 0 aliphatic heterocycles. The third kappa shape index (κ3) is 5.00. The first-order valence-corrected chi connectivity index (χ1v) is 6.82. The molecule has 1 N–H and O–H groups in total. The molecule has 1 aromatic rings. The van der Waals surface area contributed by atoms with E-state index in [0.717, 1.165) is 48.5 Å². The van der Waals surface area contributed by atoms with Gasteiger partial charge in [-0.05, 0) is 35.2 Å². The van der Waals surface area contributed by atoms with Crippen molar-refractivity contribution in [3.05, 3.63) is 16.5 Å². The van der Waals surface area contributed by atoms with E-state index < -0.39 is 0 Å². The molecule has 0 fully saturated rings. The SMILES string of the molecule is CCc1nc(Br)cc(N(C)CCCCCO)n1. The minimum Gasteiger partial charge on any atom is -0.396 e. The zero-order valence-electron chi connectivity index (χ0n) is 10.5. The van der Waals surface area contributed by atoms with Gasteiger partial charge in [-0.15, -0.1) is 0 Å². The second-order valence-electron chi connectivity index (χ2n) is 4.02. The Bertz CT molecular complexity index is 347. The number of hydrogen-bond donors (Lipinski definition) is 1. The molecule has 0 unspecified atom stereocenters. The van der Waals surface area contributed by atoms with Crippen LogP contribution in [0.3, 0.4) is 0 Å². The summed E-state index contributed by atoms with van der Waals surface area (Å²) < 4.78 is 0.835. The molecular formula is C12H20BrN3O. The number of aliphatic hydroxyl groups excluding tert-OH is 1. The standard InChI is InChI=1S/C12H20BrN3O/c1-3-11-14-10(13)9-12(15-11)16(2)7-5-4-6-8-17/h9,17H,3-8H2,1-2H3. The molecule has 0 atom stereocenters. The van der Waals surface area contributed by atoms with Crippen molar-refractivity contribution in [3.63, 3.8) is 0 Å². The van der Waals surface area contributed by atoms with Gasteiger partial charge in [0.25, 0.3) is 0 Å². The van der Waals surface area contributed by atoms with Gasteiger partial charge in [-0.25, -0.2) is 9.97 Å². The number of aliphatic hydroxyl groups is 1. The van der Waals surface area contributed by atoms with E-state index in [1.807, 2.05) is 20.0 Å². The molecule has 5 heteroatoms. The Morgan fingerprint density at radius 1 is 1.29 bits per heavy atom. The van der Waals surface area contributed by atoms with Gasteiger partial charge in [-0.1, -0.05) is 6.92 Å². The highest BCUT2D eigenvalue weighted by molar-refractivity contribution is 9.10. The van der Waals surface area contributed by atoms with Crippen LogP contribution in [0.15, 0.2) is 10.7 Å². The lowest BCUT2D eigenvalue weighted by molar-refractivity contribution is 0.283. The second kappa shape index (κ2) is 7.61. The maximum Gasteiger partial charge on any atom is 0.133 e. The van der Waals surface area contributed by atoms with E-state index >= 15 is 0 Å². The lowest BCUT2D eigenvalue weighted by Gasteiger charge is -2.18. The summed E-state index contributed by atoms with van der Waals surface area (Å²) in [4.78, 5) is 10.9. The highest BCUT2D eigenvalue weighted by Gasteiger charge is 2.06. The molecule has 0 saturated carbocycles. The molecule has 0 spiro atoms. The van der Waals surface area contributed by atoms with E-state index in [1.165, 1.54) is 0 Å². The highest BCUT2D eigenvalue weighted by Crippen LogP contribution is 2.16. The average molecular weight is 302 g/mol. The van der Waals surface area contributed by atoms with Crippen molar-refractivity contribution < 1.29 is 5.11 Å². The fourth-order valence-electron chi connectivity index (χ4n) is 1.56. The van der Waals surface area contributed by atoms with E-state index in [-0.39, 0.29) is 6.61 Å². The van der Waals surface area contributed by atoms with Crippen molar-refractivity contribution in [2.45, 2.75) is 32.6 Å². The van der Waals surface area contributed by atoms with Crippen LogP contribution in [0.4, 0.5) is 5.82 Å². The van der Waals surface area contributed by atoms with Crippen LogP contribution in [0.5, 0.6) is 0 Å². The van der Waals surface area contributed by atoms with Crippen LogP contribution in [0.2, 0.25) is 0 Å². The van der Waals surface area contributed by atoms with Gasteiger partial charge < -0.3 is 10.0 Å². The quantitative estimate of drug-likeness (QED) is 0.621. The Kier molecular flexibility index (Phi) is 6.44. The minimum atomic E-state index is 0.281. The summed E-state index contributed by atoms with van der Waals surface area (Å²) in [7, 11) is 2.03. The summed E-state index contributed by atoms with van der Waals surface area (Å²) in [5.41, 5.74) is 0. The Morgan fingerprint density at radius 3 is 2.71 bits per heavy atom. The fraction of sp³-hybridized carbons (Fsp3) is 0.667. The summed E-state index contributed by atoms with van der Waals surface area (Å²) in [6.07, 6.45) is 3.83. The Balaban J connectivity index is 2.55. The number of anilines is 1. The predicted octanol–water partition coefficient (Wildman–Crippen LogP) is 2.40. The number of aromatic nitrogens is 2. The van der Waals surface area contributed by atoms with Crippen LogP contribution in [0.1, 0.15) is 32.0 Å². The van der Waals surface area contributed by atoms with E-state index in [2.05, 4.69) is 30.8 Å². The third-order valence-corrected chi connectivity index (χ3v) is 2.99. The molecule has 0 aliphatic rings. The van der Waals surface area contributed by atoms with Gasteiger partial charge in [0.15, 0.2) is 0 Å². The van der Waals surface area contributed by atoms with Gasteiger partial charge >= 0.3 is 0 Å². The zero-order chi connectivity index (χ0) is 12.7. The molecule has 0 radical (unpaired) electrons. The van der Waals surface area contributed by atoms with Gasteiger partial charge in [-0.3, -0.25) is 0 Å². The fourth-order valence-corrected chi connectivity index (χ4v) is 1.97. The van der Waals surface area contributed by atoms with E-state index in [9.17, 15) is 0 Å². The number of nitrogens with zero attached hydrogens (tertiary/aromatic N) is 3. The van der Waals surface area contributed by atoms with Crippen molar-refractivity contribution >= 4 is 21.7 Å². The molecule has 17 heavy (non-hydrogen) atoms. The molecule has 96 valence electrons. The summed E-state index contributed by atoms with van der Waals surface area (Å²) in [5, 5.41) is 8.71. The van der Waals surface area contributed by atoms with E-state index in [0.29, 0.717) is 0 Å². The molecule has 1 aromatic heterocycles. The average Bonchev–Trinajstić information content (AvgIpc) is 2.33. The number of unbranched alkanes of at least 4 members (excludes halogenated alkanes) is 2. The van der Waals surface area contributed by atoms with Crippen LogP contribution in [-0.4, -0.2) is 35.3 Å². The highest BCUT2D eigenvalue weighted by atomic mass is 79.9. The Labute approximate surface area is 111 Å². The Morgan fingerprint density at radius 2 is 2.06 bits per heavy atom. The van der Waals surface area contributed by atoms with Crippen LogP contribution in [-0.2, 0) is 6.42 Å². The van der Waals surface area contributed by atoms with Gasteiger partial charge in [0.2, 0.25) is 0 Å². The molecule has 0 bridgehead atoms. The number of aryl methyl sites for hydroxylation is 1. The zero-order valence-corrected chi connectivity index (χ0v) is 12.1. The third-order valence-electron chi connectivity index (χ3n) is 2.59. The number of hydrogen-bond acceptors (Lipinski definition) is 4. The maximum atomic E-state index is 8.71. The largest absolute Gasteiger partial charge is 0.396 e. The lowest BCUT2D eigenvalue weighted by Crippen LogP contribution is -2.20. The normalized spacial score (nSPS) is 10.6. The molecule has 0 aliphatic carbocycles. The maximum absolute atomic E-state index is 8.71. The molecule has 1 rings (SSSR count). The lowest BCUT2D eigenvalue weighted by atomic mass is 10.2. The minimum absolute atomic E-state index is 0.281. The van der Waals surface area contributed by atoms with Crippen LogP contribution in [0, 0.1) is 0 Å². The molecular weight excluding hydrogens is 282 g/mol. The van der Waals surface area contributed by atoms with E-state index in [1.54, 1.807) is 0 Å². The molecule has 1 heterocycles. The molecule has 0 aromatic carbocycles. The van der Waals surface area contributed by atoms with Crippen molar-refractivity contribution in [2.24, 2.45) is 0 Å². The van der Waals surface area contributed by atoms with Crippen molar-refractivity contribution in [1.82, 2.24) is 9.97 Å². The van der Waals surface area contributed by atoms with E-state index in [4.69, 9.17) is 5.11 Å². The monoisotopic (exact) mass is 301 g/mol. The summed E-state index contributed by atoms with van der Waals surface area (Å²) >= 11 is 3.40. The smallest absolute Gasteiger partial charge is 0.133 e. The summed E-state index contributed by atoms with van der Waals surface area (Å²) in [6, 6.07) is 1.94. The first-order chi connectivity index (χ1) is 8.17. The van der Waals surface area contributed by atoms with Gasteiger partial charge in [0.1, 0.15) is 16.2 Å². The van der Waals surface area contributed by atoms with Gasteiger partial charge in [-0.2, -0.15) is 0 Å². The predicted molar refractivity (Wildman–Crippen MR) is 73.3 cm³/mol. The van der Waals surface area contributed by atoms with Crippen LogP contribution < -0.4 is 4.90 Å². The van der Waals surface area contributed by atoms with Crippen molar-refractivity contribution in [1.29, 1.82) is 0 Å². The first kappa shape index (κ1) is 14.4. The second-order valence-corrected chi connectivity index (χ2v) is 4.84. The van der Waals surface area contributed by atoms with Crippen LogP contribution >= 0.6 is 15.9 Å². The summed E-state index contributed by atoms with van der Waals surface area (Å²) in [6.45, 7) is 3.28. The number of rotatable bonds is 7. The van der Waals surface area contributed by atoms with Gasteiger partial charge in [0.05, 0.1) is 0 Å². The van der Waals surface area contributed by atoms with Crippen molar-refractivity contribution in [3.8, 4) is 0 Å². The van der Waals surface area contributed by atoms with Crippen LogP contribution in [0.25, 0.3) is 0 Å². The molecule has 4 nitrogen and oxygen atoms in total. The van der Waals surface area contributed by atoms with Gasteiger partial charge in [0, 0.05) is 32.7 Å².